The van der Waals surface area contributed by atoms with Crippen LogP contribution in [0.15, 0.2) is 24.3 Å². The smallest absolute Gasteiger partial charge is 0.166 e. The van der Waals surface area contributed by atoms with Gasteiger partial charge in [0.25, 0.3) is 0 Å². The van der Waals surface area contributed by atoms with E-state index >= 15 is 0 Å². The first-order valence-corrected chi connectivity index (χ1v) is 6.69. The Bertz CT molecular complexity index is 358. The van der Waals surface area contributed by atoms with Crippen LogP contribution in [0.1, 0.15) is 25.0 Å². The number of hydrogen-bond acceptors (Lipinski definition) is 0. The summed E-state index contributed by atoms with van der Waals surface area (Å²) in [5, 5.41) is 0.806. The molecule has 96 valence electrons. The Labute approximate surface area is 108 Å². The van der Waals surface area contributed by atoms with Crippen LogP contribution in [0, 0.1) is 11.8 Å². The summed E-state index contributed by atoms with van der Waals surface area (Å²) in [6.45, 7) is 4.17. The van der Waals surface area contributed by atoms with Crippen LogP contribution in [0.3, 0.4) is 0 Å². The van der Waals surface area contributed by atoms with Crippen LogP contribution >= 0.6 is 15.9 Å². The van der Waals surface area contributed by atoms with Gasteiger partial charge < -0.3 is 0 Å². The first-order valence-electron chi connectivity index (χ1n) is 5.56. The van der Waals surface area contributed by atoms with Crippen molar-refractivity contribution in [3.05, 3.63) is 35.4 Å². The van der Waals surface area contributed by atoms with Crippen LogP contribution in [-0.2, 0) is 12.6 Å². The minimum atomic E-state index is -4.25. The second kappa shape index (κ2) is 5.89. The van der Waals surface area contributed by atoms with Gasteiger partial charge in [0.2, 0.25) is 0 Å². The van der Waals surface area contributed by atoms with Crippen molar-refractivity contribution in [2.45, 2.75) is 26.4 Å². The molecule has 0 spiro atoms. The predicted octanol–water partition coefficient (Wildman–Crippen LogP) is 4.92. The molecule has 1 unspecified atom stereocenters. The summed E-state index contributed by atoms with van der Waals surface area (Å²) >= 11 is 3.41. The van der Waals surface area contributed by atoms with E-state index in [0.717, 1.165) is 17.0 Å². The van der Waals surface area contributed by atoms with Crippen molar-refractivity contribution in [3.63, 3.8) is 0 Å². The van der Waals surface area contributed by atoms with E-state index in [0.29, 0.717) is 18.3 Å². The first kappa shape index (κ1) is 14.6. The molecule has 0 radical (unpaired) electrons. The highest BCUT2D eigenvalue weighted by Gasteiger charge is 2.30. The van der Waals surface area contributed by atoms with Gasteiger partial charge in [-0.05, 0) is 29.9 Å². The van der Waals surface area contributed by atoms with Gasteiger partial charge in [0.15, 0.2) is 0 Å². The Morgan fingerprint density at radius 2 is 1.88 bits per heavy atom. The quantitative estimate of drug-likeness (QED) is 0.693. The fourth-order valence-electron chi connectivity index (χ4n) is 1.65. The molecule has 1 aromatic rings. The maximum Gasteiger partial charge on any atom is 0.416 e. The topological polar surface area (TPSA) is 0 Å². The van der Waals surface area contributed by atoms with Crippen molar-refractivity contribution >= 4 is 15.9 Å². The molecule has 0 heterocycles. The molecule has 0 bridgehead atoms. The zero-order chi connectivity index (χ0) is 13.1. The molecule has 0 aliphatic rings. The lowest BCUT2D eigenvalue weighted by Gasteiger charge is -2.18. The highest BCUT2D eigenvalue weighted by atomic mass is 79.9. The van der Waals surface area contributed by atoms with Crippen molar-refractivity contribution in [1.29, 1.82) is 0 Å². The number of benzene rings is 1. The average Bonchev–Trinajstić information content (AvgIpc) is 2.24. The summed E-state index contributed by atoms with van der Waals surface area (Å²) in [4.78, 5) is 0. The van der Waals surface area contributed by atoms with Gasteiger partial charge in [-0.1, -0.05) is 48.0 Å². The number of halogens is 4. The second-order valence-corrected chi connectivity index (χ2v) is 5.21. The van der Waals surface area contributed by atoms with E-state index < -0.39 is 11.7 Å². The van der Waals surface area contributed by atoms with E-state index in [1.807, 2.05) is 0 Å². The summed E-state index contributed by atoms with van der Waals surface area (Å²) in [6, 6.07) is 5.59. The predicted molar refractivity (Wildman–Crippen MR) is 67.3 cm³/mol. The lowest BCUT2D eigenvalue weighted by molar-refractivity contribution is -0.137. The maximum absolute atomic E-state index is 12.5. The normalized spacial score (nSPS) is 14.1. The minimum absolute atomic E-state index is 0.360. The van der Waals surface area contributed by atoms with Gasteiger partial charge in [-0.15, -0.1) is 0 Å². The Hall–Kier alpha value is -0.510. The summed E-state index contributed by atoms with van der Waals surface area (Å²) < 4.78 is 37.6. The molecule has 17 heavy (non-hydrogen) atoms. The molecule has 1 atom stereocenters. The Balaban J connectivity index is 2.85. The molecule has 4 heteroatoms. The summed E-state index contributed by atoms with van der Waals surface area (Å²) in [5.74, 6) is 0.808. The molecule has 1 rings (SSSR count). The third kappa shape index (κ3) is 4.34. The van der Waals surface area contributed by atoms with E-state index in [1.165, 1.54) is 12.1 Å². The third-order valence-corrected chi connectivity index (χ3v) is 3.72. The van der Waals surface area contributed by atoms with Crippen LogP contribution in [0.2, 0.25) is 0 Å². The van der Waals surface area contributed by atoms with Crippen molar-refractivity contribution in [2.24, 2.45) is 11.8 Å². The molecule has 0 amide bonds. The number of hydrogen-bond donors (Lipinski definition) is 0. The molecule has 1 aromatic carbocycles. The van der Waals surface area contributed by atoms with Gasteiger partial charge in [0.1, 0.15) is 0 Å². The lowest BCUT2D eigenvalue weighted by Crippen LogP contribution is -2.14. The standard InChI is InChI=1S/C13H16BrF3/c1-9(2)11(8-14)6-10-4-3-5-12(7-10)13(15,16)17/h3-5,7,9,11H,6,8H2,1-2H3. The van der Waals surface area contributed by atoms with Crippen molar-refractivity contribution < 1.29 is 13.2 Å². The molecule has 0 aromatic heterocycles. The van der Waals surface area contributed by atoms with E-state index in [4.69, 9.17) is 0 Å². The van der Waals surface area contributed by atoms with Crippen molar-refractivity contribution in [3.8, 4) is 0 Å². The minimum Gasteiger partial charge on any atom is -0.166 e. The van der Waals surface area contributed by atoms with Gasteiger partial charge in [-0.2, -0.15) is 13.2 Å². The van der Waals surface area contributed by atoms with Crippen molar-refractivity contribution in [1.82, 2.24) is 0 Å². The van der Waals surface area contributed by atoms with Crippen LogP contribution in [0.5, 0.6) is 0 Å². The molecular weight excluding hydrogens is 293 g/mol. The SMILES string of the molecule is CC(C)C(CBr)Cc1cccc(C(F)(F)F)c1. The van der Waals surface area contributed by atoms with Gasteiger partial charge in [-0.3, -0.25) is 0 Å². The largest absolute Gasteiger partial charge is 0.416 e. The third-order valence-electron chi connectivity index (χ3n) is 2.89. The molecule has 0 fully saturated rings. The van der Waals surface area contributed by atoms with Gasteiger partial charge in [0.05, 0.1) is 5.56 Å². The lowest BCUT2D eigenvalue weighted by atomic mass is 9.90. The van der Waals surface area contributed by atoms with E-state index in [2.05, 4.69) is 29.8 Å². The van der Waals surface area contributed by atoms with Crippen LogP contribution in [-0.4, -0.2) is 5.33 Å². The molecule has 0 N–H and O–H groups in total. The van der Waals surface area contributed by atoms with Gasteiger partial charge in [-0.25, -0.2) is 0 Å². The summed E-state index contributed by atoms with van der Waals surface area (Å²) in [7, 11) is 0. The number of alkyl halides is 4. The van der Waals surface area contributed by atoms with Crippen LogP contribution in [0.25, 0.3) is 0 Å². The second-order valence-electron chi connectivity index (χ2n) is 4.56. The van der Waals surface area contributed by atoms with E-state index in [-0.39, 0.29) is 0 Å². The molecule has 0 aliphatic heterocycles. The first-order chi connectivity index (χ1) is 7.84. The Morgan fingerprint density at radius 1 is 1.24 bits per heavy atom. The zero-order valence-electron chi connectivity index (χ0n) is 9.89. The van der Waals surface area contributed by atoms with E-state index in [9.17, 15) is 13.2 Å². The zero-order valence-corrected chi connectivity index (χ0v) is 11.5. The highest BCUT2D eigenvalue weighted by molar-refractivity contribution is 9.09. The van der Waals surface area contributed by atoms with Crippen LogP contribution in [0.4, 0.5) is 13.2 Å². The summed E-state index contributed by atoms with van der Waals surface area (Å²) in [5.41, 5.74) is 0.185. The van der Waals surface area contributed by atoms with Gasteiger partial charge >= 0.3 is 6.18 Å². The molecule has 0 saturated heterocycles. The summed E-state index contributed by atoms with van der Waals surface area (Å²) in [6.07, 6.45) is -3.58. The Morgan fingerprint density at radius 3 is 2.35 bits per heavy atom. The Kier molecular flexibility index (Phi) is 5.04. The monoisotopic (exact) mass is 308 g/mol. The van der Waals surface area contributed by atoms with Crippen LogP contribution < -0.4 is 0 Å². The van der Waals surface area contributed by atoms with Gasteiger partial charge in [0, 0.05) is 5.33 Å². The molecule has 0 nitrogen and oxygen atoms in total. The molecular formula is C13H16BrF3. The van der Waals surface area contributed by atoms with E-state index in [1.54, 1.807) is 6.07 Å². The molecule has 0 aliphatic carbocycles. The fourth-order valence-corrected chi connectivity index (χ4v) is 2.62. The number of rotatable bonds is 4. The average molecular weight is 309 g/mol. The molecule has 0 saturated carbocycles. The van der Waals surface area contributed by atoms with Crippen molar-refractivity contribution in [2.75, 3.05) is 5.33 Å². The maximum atomic E-state index is 12.5. The highest BCUT2D eigenvalue weighted by Crippen LogP contribution is 2.30. The fraction of sp³-hybridized carbons (Fsp3) is 0.538.